The molecule has 16 heteroatoms. The maximum absolute atomic E-state index is 10.3. The number of nitrogens with zero attached hydrogens (tertiary/aromatic N) is 3. The first-order valence-electron chi connectivity index (χ1n) is 7.57. The number of carbonyl (C=O) groups is 1. The number of guanidine groups is 2. The van der Waals surface area contributed by atoms with Crippen molar-refractivity contribution in [1.29, 1.82) is 0 Å². The second-order valence-electron chi connectivity index (χ2n) is 5.04. The van der Waals surface area contributed by atoms with E-state index in [1.165, 1.54) is 18.3 Å². The Morgan fingerprint density at radius 3 is 1.34 bits per heavy atom. The number of halogens is 7. The van der Waals surface area contributed by atoms with Crippen LogP contribution in [0.3, 0.4) is 0 Å². The normalized spacial score (nSPS) is 9.31. The van der Waals surface area contributed by atoms with E-state index in [-0.39, 0.29) is 29.3 Å². The van der Waals surface area contributed by atoms with Gasteiger partial charge >= 0.3 is 0 Å². The van der Waals surface area contributed by atoms with E-state index in [4.69, 9.17) is 92.5 Å². The quantitative estimate of drug-likeness (QED) is 0.0894. The minimum atomic E-state index is -0.127. The Balaban J connectivity index is 0. The van der Waals surface area contributed by atoms with E-state index in [2.05, 4.69) is 21.1 Å². The van der Waals surface area contributed by atoms with Crippen molar-refractivity contribution >= 4 is 106 Å². The van der Waals surface area contributed by atoms with Crippen molar-refractivity contribution in [2.24, 2.45) is 44.1 Å². The van der Waals surface area contributed by atoms with Gasteiger partial charge in [-0.25, -0.2) is 0 Å². The van der Waals surface area contributed by atoms with Crippen LogP contribution in [0, 0.1) is 0 Å². The van der Waals surface area contributed by atoms with Gasteiger partial charge in [0, 0.05) is 5.56 Å². The molecule has 0 aromatic heterocycles. The zero-order chi connectivity index (χ0) is 24.1. The lowest BCUT2D eigenvalue weighted by molar-refractivity contribution is 0.112. The Morgan fingerprint density at radius 2 is 1.06 bits per heavy atom. The van der Waals surface area contributed by atoms with Crippen molar-refractivity contribution in [2.45, 2.75) is 0 Å². The van der Waals surface area contributed by atoms with Gasteiger partial charge in [-0.15, -0.1) is 22.6 Å². The fourth-order valence-electron chi connectivity index (χ4n) is 1.46. The highest BCUT2D eigenvalue weighted by Gasteiger charge is 2.05. The lowest BCUT2D eigenvalue weighted by Crippen LogP contribution is -2.23. The fraction of sp³-hybridized carbons (Fsp3) is 0. The summed E-state index contributed by atoms with van der Waals surface area (Å²) >= 11 is 34.2. The summed E-state index contributed by atoms with van der Waals surface area (Å²) in [6.07, 6.45) is 2.07. The van der Waals surface area contributed by atoms with E-state index in [0.29, 0.717) is 42.5 Å². The average molecular weight is 586 g/mol. The van der Waals surface area contributed by atoms with E-state index in [1.54, 1.807) is 12.1 Å². The number of benzene rings is 2. The molecule has 0 atom stereocenters. The van der Waals surface area contributed by atoms with Crippen molar-refractivity contribution < 1.29 is 4.79 Å². The van der Waals surface area contributed by atoms with Gasteiger partial charge < -0.3 is 28.8 Å². The molecule has 0 aliphatic carbocycles. The largest absolute Gasteiger partial charge is 0.369 e. The summed E-state index contributed by atoms with van der Waals surface area (Å²) in [6, 6.07) is 6.12. The van der Waals surface area contributed by atoms with E-state index in [0.717, 1.165) is 0 Å². The maximum atomic E-state index is 10.3. The smallest absolute Gasteiger partial charge is 0.211 e. The molecule has 32 heavy (non-hydrogen) atoms. The zero-order valence-corrected chi connectivity index (χ0v) is 21.1. The predicted molar refractivity (Wildman–Crippen MR) is 139 cm³/mol. The van der Waals surface area contributed by atoms with Gasteiger partial charge in [-0.1, -0.05) is 69.6 Å². The third kappa shape index (κ3) is 12.9. The summed E-state index contributed by atoms with van der Waals surface area (Å²) in [5, 5.41) is 11.7. The number of aldehydes is 1. The standard InChI is InChI=1S/C8H7Cl3N4.C7H3Cl3O.CH6N4.ClH/c9-5-1-4(2-6(10)7(5)11)3-14-15-8(12)13;8-5-1-4(3-11)2-6(9)7(5)10;2-1(3)5-4;/h1-3H,(H4,12,13,15);1-3H;4H2,(H4,2,3,5);1H/b14-3+;;;. The Hall–Kier alpha value is -1.85. The highest BCUT2D eigenvalue weighted by atomic mass is 35.5. The van der Waals surface area contributed by atoms with Gasteiger partial charge in [-0.3, -0.25) is 4.79 Å². The lowest BCUT2D eigenvalue weighted by atomic mass is 10.2. The molecule has 0 saturated heterocycles. The van der Waals surface area contributed by atoms with Crippen LogP contribution in [0.5, 0.6) is 0 Å². The molecule has 0 fully saturated rings. The molecule has 0 heterocycles. The molecule has 0 aliphatic heterocycles. The predicted octanol–water partition coefficient (Wildman–Crippen LogP) is 4.27. The van der Waals surface area contributed by atoms with Crippen molar-refractivity contribution in [1.82, 2.24) is 0 Å². The molecule has 2 aromatic carbocycles. The van der Waals surface area contributed by atoms with Crippen molar-refractivity contribution in [2.75, 3.05) is 0 Å². The Kier molecular flexibility index (Phi) is 16.9. The van der Waals surface area contributed by atoms with Crippen LogP contribution in [-0.4, -0.2) is 24.4 Å². The highest BCUT2D eigenvalue weighted by molar-refractivity contribution is 6.48. The molecule has 176 valence electrons. The Bertz CT molecular complexity index is 944. The van der Waals surface area contributed by atoms with Crippen molar-refractivity contribution in [3.8, 4) is 0 Å². The minimum absolute atomic E-state index is 0. The lowest BCUT2D eigenvalue weighted by Gasteiger charge is -1.99. The van der Waals surface area contributed by atoms with Crippen LogP contribution in [0.15, 0.2) is 39.6 Å². The molecular weight excluding hydrogens is 568 g/mol. The molecule has 2 rings (SSSR count). The molecule has 0 radical (unpaired) electrons. The van der Waals surface area contributed by atoms with Crippen molar-refractivity contribution in [3.05, 3.63) is 65.5 Å². The van der Waals surface area contributed by atoms with Gasteiger partial charge in [0.15, 0.2) is 0 Å². The topological polar surface area (TPSA) is 184 Å². The average Bonchev–Trinajstić information content (AvgIpc) is 2.70. The first-order valence-corrected chi connectivity index (χ1v) is 9.84. The number of rotatable bonds is 3. The number of nitrogens with two attached hydrogens (primary N) is 5. The van der Waals surface area contributed by atoms with Gasteiger partial charge in [0.1, 0.15) is 6.29 Å². The number of hydrogen-bond donors (Lipinski definition) is 5. The molecule has 0 amide bonds. The Labute approximate surface area is 219 Å². The fourth-order valence-corrected chi connectivity index (χ4v) is 2.68. The van der Waals surface area contributed by atoms with Crippen LogP contribution in [0.25, 0.3) is 0 Å². The van der Waals surface area contributed by atoms with Crippen LogP contribution in [0.4, 0.5) is 0 Å². The molecule has 10 N–H and O–H groups in total. The van der Waals surface area contributed by atoms with E-state index < -0.39 is 0 Å². The molecule has 0 saturated carbocycles. The summed E-state index contributed by atoms with van der Waals surface area (Å²) in [5.74, 6) is 4.29. The SMILES string of the molecule is Cl.NC(N)=N/N=C/c1cc(Cl)c(Cl)c(Cl)c1.NN=C(N)N.O=Cc1cc(Cl)c(Cl)c(Cl)c1. The monoisotopic (exact) mass is 582 g/mol. The second kappa shape index (κ2) is 16.7. The maximum Gasteiger partial charge on any atom is 0.211 e. The number of hydrogen-bond acceptors (Lipinski definition) is 5. The summed E-state index contributed by atoms with van der Waals surface area (Å²) < 4.78 is 0. The van der Waals surface area contributed by atoms with E-state index >= 15 is 0 Å². The number of carbonyl (C=O) groups excluding carboxylic acids is 1. The van der Waals surface area contributed by atoms with Gasteiger partial charge in [-0.05, 0) is 29.8 Å². The van der Waals surface area contributed by atoms with Crippen molar-refractivity contribution in [3.63, 3.8) is 0 Å². The molecule has 0 unspecified atom stereocenters. The zero-order valence-electron chi connectivity index (χ0n) is 15.8. The summed E-state index contributed by atoms with van der Waals surface area (Å²) in [4.78, 5) is 10.3. The molecule has 0 aliphatic rings. The summed E-state index contributed by atoms with van der Waals surface area (Å²) in [7, 11) is 0. The Morgan fingerprint density at radius 1 is 0.719 bits per heavy atom. The molecule has 0 spiro atoms. The molecular formula is C16H17Cl7N8O. The minimum Gasteiger partial charge on any atom is -0.369 e. The van der Waals surface area contributed by atoms with Crippen LogP contribution in [0.2, 0.25) is 30.1 Å². The molecule has 9 nitrogen and oxygen atoms in total. The van der Waals surface area contributed by atoms with Gasteiger partial charge in [0.2, 0.25) is 11.9 Å². The third-order valence-electron chi connectivity index (χ3n) is 2.68. The van der Waals surface area contributed by atoms with Crippen LogP contribution < -0.4 is 28.8 Å². The number of hydrazone groups is 1. The third-order valence-corrected chi connectivity index (χ3v) is 5.07. The van der Waals surface area contributed by atoms with Gasteiger partial charge in [-0.2, -0.15) is 5.10 Å². The van der Waals surface area contributed by atoms with Crippen LogP contribution >= 0.6 is 82.0 Å². The highest BCUT2D eigenvalue weighted by Crippen LogP contribution is 2.31. The summed E-state index contributed by atoms with van der Waals surface area (Å²) in [6.45, 7) is 0. The second-order valence-corrected chi connectivity index (χ2v) is 7.42. The van der Waals surface area contributed by atoms with Crippen LogP contribution in [-0.2, 0) is 0 Å². The van der Waals surface area contributed by atoms with Gasteiger partial charge in [0.05, 0.1) is 36.4 Å². The first-order chi connectivity index (χ1) is 14.4. The van der Waals surface area contributed by atoms with Crippen LogP contribution in [0.1, 0.15) is 15.9 Å². The van der Waals surface area contributed by atoms with Gasteiger partial charge in [0.25, 0.3) is 0 Å². The molecule has 2 aromatic rings. The molecule has 0 bridgehead atoms. The van der Waals surface area contributed by atoms with E-state index in [9.17, 15) is 4.79 Å². The van der Waals surface area contributed by atoms with E-state index in [1.807, 2.05) is 0 Å². The summed E-state index contributed by atoms with van der Waals surface area (Å²) in [5.41, 5.74) is 20.6. The first kappa shape index (κ1) is 32.3.